The molecule has 0 saturated heterocycles. The molecule has 0 spiro atoms. The van der Waals surface area contributed by atoms with Gasteiger partial charge in [0, 0.05) is 11.9 Å². The Hall–Kier alpha value is -1.57. The van der Waals surface area contributed by atoms with Crippen LogP contribution in [0.1, 0.15) is 53.9 Å². The van der Waals surface area contributed by atoms with Gasteiger partial charge in [0.1, 0.15) is 0 Å². The molecule has 2 heteroatoms. The van der Waals surface area contributed by atoms with Crippen molar-refractivity contribution in [1.82, 2.24) is 5.32 Å². The zero-order valence-electron chi connectivity index (χ0n) is 14.0. The average molecular weight is 284 g/mol. The van der Waals surface area contributed by atoms with E-state index in [1.54, 1.807) is 0 Å². The molecule has 2 aliphatic rings. The van der Waals surface area contributed by atoms with Gasteiger partial charge in [0.15, 0.2) is 0 Å². The van der Waals surface area contributed by atoms with Crippen molar-refractivity contribution in [3.05, 3.63) is 46.5 Å². The van der Waals surface area contributed by atoms with Crippen LogP contribution in [0.4, 0.5) is 0 Å². The topological polar surface area (TPSA) is 24.4 Å². The van der Waals surface area contributed by atoms with Gasteiger partial charge in [-0.05, 0) is 69.6 Å². The van der Waals surface area contributed by atoms with E-state index < -0.39 is 0 Å². The Kier molecular flexibility index (Phi) is 5.22. The minimum absolute atomic E-state index is 0.746. The maximum atomic E-state index is 4.35. The third-order valence-corrected chi connectivity index (χ3v) is 4.72. The lowest BCUT2D eigenvalue weighted by atomic mass is 9.96. The molecule has 0 aromatic rings. The molecule has 0 aromatic carbocycles. The summed E-state index contributed by atoms with van der Waals surface area (Å²) in [6.45, 7) is 11.1. The van der Waals surface area contributed by atoms with Crippen molar-refractivity contribution in [3.63, 3.8) is 0 Å². The number of hydrogen-bond acceptors (Lipinski definition) is 2. The predicted octanol–water partition coefficient (Wildman–Crippen LogP) is 5.12. The summed E-state index contributed by atoms with van der Waals surface area (Å²) in [6, 6.07) is 0. The van der Waals surface area contributed by atoms with Gasteiger partial charge in [-0.15, -0.1) is 0 Å². The van der Waals surface area contributed by atoms with Crippen LogP contribution in [0.25, 0.3) is 0 Å². The molecule has 114 valence electrons. The summed E-state index contributed by atoms with van der Waals surface area (Å²) in [5.74, 6) is 1.62. The molecule has 2 rings (SSSR count). The van der Waals surface area contributed by atoms with Crippen LogP contribution < -0.4 is 5.32 Å². The Labute approximate surface area is 129 Å². The van der Waals surface area contributed by atoms with Crippen molar-refractivity contribution in [3.8, 4) is 0 Å². The van der Waals surface area contributed by atoms with E-state index in [-0.39, 0.29) is 0 Å². The van der Waals surface area contributed by atoms with Gasteiger partial charge in [-0.3, -0.25) is 4.99 Å². The summed E-state index contributed by atoms with van der Waals surface area (Å²) in [6.07, 6.45) is 12.0. The highest BCUT2D eigenvalue weighted by Gasteiger charge is 2.23. The van der Waals surface area contributed by atoms with Gasteiger partial charge < -0.3 is 5.32 Å². The Morgan fingerprint density at radius 2 is 2.00 bits per heavy atom. The van der Waals surface area contributed by atoms with Crippen LogP contribution in [0.3, 0.4) is 0 Å². The Balaban J connectivity index is 2.14. The van der Waals surface area contributed by atoms with Crippen LogP contribution in [0.15, 0.2) is 51.5 Å². The lowest BCUT2D eigenvalue weighted by molar-refractivity contribution is 0.566. The molecular formula is C19H28N2. The monoisotopic (exact) mass is 284 g/mol. The van der Waals surface area contributed by atoms with Gasteiger partial charge in [0.05, 0.1) is 11.9 Å². The molecule has 1 N–H and O–H groups in total. The lowest BCUT2D eigenvalue weighted by Crippen LogP contribution is -2.16. The lowest BCUT2D eigenvalue weighted by Gasteiger charge is -2.18. The highest BCUT2D eigenvalue weighted by atomic mass is 14.9. The van der Waals surface area contributed by atoms with E-state index in [9.17, 15) is 0 Å². The fourth-order valence-electron chi connectivity index (χ4n) is 3.19. The fraction of sp³-hybridized carbons (Fsp3) is 0.526. The number of nitrogens with one attached hydrogen (secondary N) is 1. The molecule has 1 saturated carbocycles. The molecule has 1 fully saturated rings. The van der Waals surface area contributed by atoms with E-state index >= 15 is 0 Å². The van der Waals surface area contributed by atoms with E-state index in [1.807, 2.05) is 18.5 Å². The quantitative estimate of drug-likeness (QED) is 0.764. The number of allylic oxidation sites excluding steroid dienone is 6. The summed E-state index contributed by atoms with van der Waals surface area (Å²) >= 11 is 0. The van der Waals surface area contributed by atoms with Crippen molar-refractivity contribution < 1.29 is 0 Å². The van der Waals surface area contributed by atoms with Crippen LogP contribution in [0.2, 0.25) is 0 Å². The van der Waals surface area contributed by atoms with E-state index in [4.69, 9.17) is 0 Å². The van der Waals surface area contributed by atoms with Crippen LogP contribution in [-0.2, 0) is 0 Å². The summed E-state index contributed by atoms with van der Waals surface area (Å²) in [5, 5.41) is 3.58. The SMILES string of the molecule is CC1=CC=N/C=C(/N/C(C)=C(/C)C2CCC(C)C2)C(C)=C1. The van der Waals surface area contributed by atoms with Crippen molar-refractivity contribution in [1.29, 1.82) is 0 Å². The van der Waals surface area contributed by atoms with Crippen molar-refractivity contribution in [2.75, 3.05) is 0 Å². The number of nitrogens with zero attached hydrogens (tertiary/aromatic N) is 1. The van der Waals surface area contributed by atoms with Gasteiger partial charge in [-0.2, -0.15) is 0 Å². The molecule has 2 atom stereocenters. The molecule has 2 nitrogen and oxygen atoms in total. The zero-order valence-corrected chi connectivity index (χ0v) is 14.0. The number of rotatable bonds is 3. The van der Waals surface area contributed by atoms with Gasteiger partial charge in [-0.1, -0.05) is 25.0 Å². The van der Waals surface area contributed by atoms with Gasteiger partial charge in [-0.25, -0.2) is 0 Å². The van der Waals surface area contributed by atoms with Crippen LogP contribution in [0, 0.1) is 11.8 Å². The standard InChI is InChI=1S/C19H28N2/c1-13-6-7-18(11-13)16(4)17(5)21-19-12-20-9-8-14(2)10-15(19)3/h8-10,12-13,18,21H,6-7,11H2,1-5H3/b9-8?,14-8?,14-10?,15-10?,17-16-,19-12+,19-15?,20-9?,20-12?. The highest BCUT2D eigenvalue weighted by molar-refractivity contribution is 5.74. The first-order valence-electron chi connectivity index (χ1n) is 8.00. The van der Waals surface area contributed by atoms with Crippen molar-refractivity contribution in [2.24, 2.45) is 16.8 Å². The zero-order chi connectivity index (χ0) is 15.4. The summed E-state index contributed by atoms with van der Waals surface area (Å²) in [4.78, 5) is 4.35. The number of hydrogen-bond donors (Lipinski definition) is 1. The predicted molar refractivity (Wildman–Crippen MR) is 92.1 cm³/mol. The minimum Gasteiger partial charge on any atom is -0.358 e. The second-order valence-electron chi connectivity index (χ2n) is 6.63. The average Bonchev–Trinajstić information content (AvgIpc) is 2.86. The molecule has 0 aromatic heterocycles. The normalized spacial score (nSPS) is 29.7. The number of aliphatic imine (C=N–C) groups is 1. The summed E-state index contributed by atoms with van der Waals surface area (Å²) in [7, 11) is 0. The van der Waals surface area contributed by atoms with E-state index in [2.05, 4.69) is 51.0 Å². The molecule has 21 heavy (non-hydrogen) atoms. The molecule has 2 unspecified atom stereocenters. The minimum atomic E-state index is 0.746. The van der Waals surface area contributed by atoms with E-state index in [1.165, 1.54) is 41.7 Å². The summed E-state index contributed by atoms with van der Waals surface area (Å²) in [5.41, 5.74) is 6.35. The maximum absolute atomic E-state index is 4.35. The largest absolute Gasteiger partial charge is 0.358 e. The first kappa shape index (κ1) is 15.8. The fourth-order valence-corrected chi connectivity index (χ4v) is 3.19. The van der Waals surface area contributed by atoms with E-state index in [0.717, 1.165) is 17.5 Å². The molecule has 1 heterocycles. The van der Waals surface area contributed by atoms with Crippen molar-refractivity contribution in [2.45, 2.75) is 53.9 Å². The molecule has 1 aliphatic heterocycles. The van der Waals surface area contributed by atoms with Gasteiger partial charge >= 0.3 is 0 Å². The van der Waals surface area contributed by atoms with Crippen LogP contribution in [0.5, 0.6) is 0 Å². The van der Waals surface area contributed by atoms with Crippen LogP contribution >= 0.6 is 0 Å². The summed E-state index contributed by atoms with van der Waals surface area (Å²) < 4.78 is 0. The highest BCUT2D eigenvalue weighted by Crippen LogP contribution is 2.36. The Bertz CT molecular complexity index is 544. The van der Waals surface area contributed by atoms with Gasteiger partial charge in [0.25, 0.3) is 0 Å². The molecule has 1 aliphatic carbocycles. The molecule has 0 radical (unpaired) electrons. The van der Waals surface area contributed by atoms with Crippen molar-refractivity contribution >= 4 is 6.21 Å². The second-order valence-corrected chi connectivity index (χ2v) is 6.63. The third-order valence-electron chi connectivity index (χ3n) is 4.72. The molecule has 0 bridgehead atoms. The smallest absolute Gasteiger partial charge is 0.0597 e. The first-order valence-corrected chi connectivity index (χ1v) is 8.00. The van der Waals surface area contributed by atoms with Crippen LogP contribution in [-0.4, -0.2) is 6.21 Å². The molecule has 0 amide bonds. The Morgan fingerprint density at radius 1 is 1.24 bits per heavy atom. The third kappa shape index (κ3) is 4.20. The first-order chi connectivity index (χ1) is 9.97. The Morgan fingerprint density at radius 3 is 2.67 bits per heavy atom. The van der Waals surface area contributed by atoms with Gasteiger partial charge in [0.2, 0.25) is 0 Å². The molecular weight excluding hydrogens is 256 g/mol. The maximum Gasteiger partial charge on any atom is 0.0597 e. The second kappa shape index (κ2) is 6.93. The van der Waals surface area contributed by atoms with E-state index in [0.29, 0.717) is 0 Å².